The van der Waals surface area contributed by atoms with Crippen molar-refractivity contribution in [3.05, 3.63) is 0 Å². The Morgan fingerprint density at radius 3 is 2.69 bits per heavy atom. The molecule has 1 heterocycles. The Morgan fingerprint density at radius 1 is 1.31 bits per heavy atom. The fraction of sp³-hybridized carbons (Fsp3) is 0.923. The highest BCUT2D eigenvalue weighted by molar-refractivity contribution is 8.14. The molecule has 2 aliphatic rings. The quantitative estimate of drug-likeness (QED) is 0.818. The van der Waals surface area contributed by atoms with E-state index in [0.717, 1.165) is 23.6 Å². The molecule has 0 saturated heterocycles. The lowest BCUT2D eigenvalue weighted by molar-refractivity contribution is 0.369. The van der Waals surface area contributed by atoms with Crippen LogP contribution in [0.5, 0.6) is 0 Å². The minimum atomic E-state index is 0.673. The van der Waals surface area contributed by atoms with Gasteiger partial charge in [-0.3, -0.25) is 4.99 Å². The summed E-state index contributed by atoms with van der Waals surface area (Å²) in [4.78, 5) is 4.61. The summed E-state index contributed by atoms with van der Waals surface area (Å²) in [5.74, 6) is 1.74. The van der Waals surface area contributed by atoms with E-state index < -0.39 is 0 Å². The second kappa shape index (κ2) is 5.44. The van der Waals surface area contributed by atoms with Crippen LogP contribution in [-0.2, 0) is 0 Å². The van der Waals surface area contributed by atoms with Crippen LogP contribution in [0.4, 0.5) is 0 Å². The maximum absolute atomic E-state index is 4.61. The number of hydrogen-bond acceptors (Lipinski definition) is 3. The fourth-order valence-corrected chi connectivity index (χ4v) is 3.90. The van der Waals surface area contributed by atoms with E-state index in [9.17, 15) is 0 Å². The number of hydrogen-bond donors (Lipinski definition) is 1. The Kier molecular flexibility index (Phi) is 4.17. The summed E-state index contributed by atoms with van der Waals surface area (Å²) in [6.45, 7) is 7.98. The van der Waals surface area contributed by atoms with Crippen LogP contribution in [0.3, 0.4) is 0 Å². The van der Waals surface area contributed by atoms with Gasteiger partial charge >= 0.3 is 0 Å². The Morgan fingerprint density at radius 2 is 2.12 bits per heavy atom. The summed E-state index contributed by atoms with van der Waals surface area (Å²) in [5, 5.41) is 5.60. The smallest absolute Gasteiger partial charge is 0.157 e. The molecule has 0 aromatic heterocycles. The standard InChI is InChI=1S/C13H24N2S/c1-4-10-6-7-12(9(10)3)15-13-14-8-11(5-2)16-13/h9-12H,4-8H2,1-3H3,(H,14,15). The van der Waals surface area contributed by atoms with Crippen molar-refractivity contribution in [2.75, 3.05) is 6.54 Å². The second-order valence-corrected chi connectivity index (χ2v) is 6.44. The number of nitrogens with one attached hydrogen (secondary N) is 1. The van der Waals surface area contributed by atoms with Gasteiger partial charge in [0.1, 0.15) is 0 Å². The highest BCUT2D eigenvalue weighted by atomic mass is 32.2. The SMILES string of the molecule is CCC1CN=C(NC2CCC(CC)C2C)S1. The second-order valence-electron chi connectivity index (χ2n) is 5.15. The highest BCUT2D eigenvalue weighted by Crippen LogP contribution is 2.35. The van der Waals surface area contributed by atoms with Crippen molar-refractivity contribution < 1.29 is 0 Å². The van der Waals surface area contributed by atoms with E-state index in [4.69, 9.17) is 0 Å². The molecule has 1 aliphatic carbocycles. The van der Waals surface area contributed by atoms with Crippen LogP contribution in [-0.4, -0.2) is 23.0 Å². The molecule has 4 atom stereocenters. The first kappa shape index (κ1) is 12.3. The van der Waals surface area contributed by atoms with Crippen LogP contribution in [0.1, 0.15) is 46.5 Å². The van der Waals surface area contributed by atoms with Crippen molar-refractivity contribution in [2.45, 2.75) is 57.7 Å². The van der Waals surface area contributed by atoms with E-state index >= 15 is 0 Å². The van der Waals surface area contributed by atoms with Crippen LogP contribution in [0.25, 0.3) is 0 Å². The van der Waals surface area contributed by atoms with Crippen molar-refractivity contribution in [2.24, 2.45) is 16.8 Å². The number of nitrogens with zero attached hydrogens (tertiary/aromatic N) is 1. The largest absolute Gasteiger partial charge is 0.362 e. The van der Waals surface area contributed by atoms with Crippen LogP contribution >= 0.6 is 11.8 Å². The van der Waals surface area contributed by atoms with Gasteiger partial charge in [0.05, 0.1) is 6.54 Å². The zero-order valence-electron chi connectivity index (χ0n) is 10.7. The molecule has 0 bridgehead atoms. The van der Waals surface area contributed by atoms with Crippen molar-refractivity contribution in [1.82, 2.24) is 5.32 Å². The average Bonchev–Trinajstić information content (AvgIpc) is 2.88. The van der Waals surface area contributed by atoms with Gasteiger partial charge in [0.25, 0.3) is 0 Å². The molecule has 1 saturated carbocycles. The number of thioether (sulfide) groups is 1. The summed E-state index contributed by atoms with van der Waals surface area (Å²) in [7, 11) is 0. The molecule has 0 radical (unpaired) electrons. The van der Waals surface area contributed by atoms with E-state index in [0.29, 0.717) is 6.04 Å². The third-order valence-corrected chi connectivity index (χ3v) is 5.52. The zero-order chi connectivity index (χ0) is 11.5. The number of amidine groups is 1. The molecule has 1 N–H and O–H groups in total. The van der Waals surface area contributed by atoms with Crippen molar-refractivity contribution in [3.63, 3.8) is 0 Å². The van der Waals surface area contributed by atoms with Gasteiger partial charge in [-0.05, 0) is 31.1 Å². The van der Waals surface area contributed by atoms with Gasteiger partial charge in [0.15, 0.2) is 5.17 Å². The molecule has 2 rings (SSSR count). The topological polar surface area (TPSA) is 24.4 Å². The van der Waals surface area contributed by atoms with Crippen LogP contribution in [0.2, 0.25) is 0 Å². The average molecular weight is 240 g/mol. The van der Waals surface area contributed by atoms with Gasteiger partial charge < -0.3 is 5.32 Å². The van der Waals surface area contributed by atoms with Crippen LogP contribution < -0.4 is 5.32 Å². The van der Waals surface area contributed by atoms with Gasteiger partial charge in [-0.1, -0.05) is 39.0 Å². The highest BCUT2D eigenvalue weighted by Gasteiger charge is 2.33. The first-order valence-electron chi connectivity index (χ1n) is 6.72. The predicted octanol–water partition coefficient (Wildman–Crippen LogP) is 3.28. The lowest BCUT2D eigenvalue weighted by Crippen LogP contribution is -2.35. The third kappa shape index (κ3) is 2.55. The van der Waals surface area contributed by atoms with Crippen molar-refractivity contribution in [1.29, 1.82) is 0 Å². The summed E-state index contributed by atoms with van der Waals surface area (Å²) in [5.41, 5.74) is 0. The minimum Gasteiger partial charge on any atom is -0.362 e. The Hall–Kier alpha value is -0.180. The van der Waals surface area contributed by atoms with Crippen LogP contribution in [0.15, 0.2) is 4.99 Å². The molecule has 0 aromatic carbocycles. The molecule has 0 amide bonds. The Bertz CT molecular complexity index is 265. The normalized spacial score (nSPS) is 38.8. The summed E-state index contributed by atoms with van der Waals surface area (Å²) in [6.07, 6.45) is 5.29. The lowest BCUT2D eigenvalue weighted by atomic mass is 9.94. The molecule has 4 unspecified atom stereocenters. The number of aliphatic imine (C=N–C) groups is 1. The van der Waals surface area contributed by atoms with Crippen molar-refractivity contribution >= 4 is 16.9 Å². The van der Waals surface area contributed by atoms with Gasteiger partial charge in [-0.2, -0.15) is 0 Å². The monoisotopic (exact) mass is 240 g/mol. The van der Waals surface area contributed by atoms with Gasteiger partial charge in [0.2, 0.25) is 0 Å². The van der Waals surface area contributed by atoms with Gasteiger partial charge in [-0.15, -0.1) is 0 Å². The van der Waals surface area contributed by atoms with E-state index in [1.807, 2.05) is 11.8 Å². The first-order chi connectivity index (χ1) is 7.74. The summed E-state index contributed by atoms with van der Waals surface area (Å²) < 4.78 is 0. The molecule has 3 heteroatoms. The van der Waals surface area contributed by atoms with Gasteiger partial charge in [0, 0.05) is 11.3 Å². The van der Waals surface area contributed by atoms with E-state index in [-0.39, 0.29) is 0 Å². The minimum absolute atomic E-state index is 0.673. The number of rotatable bonds is 3. The summed E-state index contributed by atoms with van der Waals surface area (Å²) >= 11 is 1.95. The lowest BCUT2D eigenvalue weighted by Gasteiger charge is -2.21. The maximum Gasteiger partial charge on any atom is 0.157 e. The molecule has 1 fully saturated rings. The molecular formula is C13H24N2S. The van der Waals surface area contributed by atoms with E-state index in [1.165, 1.54) is 30.9 Å². The van der Waals surface area contributed by atoms with Gasteiger partial charge in [-0.25, -0.2) is 0 Å². The zero-order valence-corrected chi connectivity index (χ0v) is 11.5. The predicted molar refractivity (Wildman–Crippen MR) is 73.1 cm³/mol. The molecule has 16 heavy (non-hydrogen) atoms. The molecule has 0 aromatic rings. The third-order valence-electron chi connectivity index (χ3n) is 4.23. The Balaban J connectivity index is 1.83. The van der Waals surface area contributed by atoms with E-state index in [1.54, 1.807) is 0 Å². The molecule has 92 valence electrons. The molecular weight excluding hydrogens is 216 g/mol. The fourth-order valence-electron chi connectivity index (χ4n) is 2.90. The van der Waals surface area contributed by atoms with E-state index in [2.05, 4.69) is 31.1 Å². The molecule has 2 nitrogen and oxygen atoms in total. The Labute approximate surface area is 104 Å². The molecule has 1 aliphatic heterocycles. The summed E-state index contributed by atoms with van der Waals surface area (Å²) in [6, 6.07) is 0.673. The van der Waals surface area contributed by atoms with Crippen molar-refractivity contribution in [3.8, 4) is 0 Å². The molecule has 0 spiro atoms. The first-order valence-corrected chi connectivity index (χ1v) is 7.60. The maximum atomic E-state index is 4.61. The van der Waals surface area contributed by atoms with Crippen LogP contribution in [0, 0.1) is 11.8 Å².